The Balaban J connectivity index is 1.72. The van der Waals surface area contributed by atoms with Gasteiger partial charge in [0.15, 0.2) is 0 Å². The van der Waals surface area contributed by atoms with E-state index in [9.17, 15) is 15.2 Å². The SMILES string of the molecule is Cc1ccc(N2CCC([C@@H](O)c3nccn3C)CC2)c([N+](=O)[O-])c1. The van der Waals surface area contributed by atoms with Crippen LogP contribution in [-0.4, -0.2) is 32.7 Å². The molecule has 0 amide bonds. The van der Waals surface area contributed by atoms with Gasteiger partial charge in [0.1, 0.15) is 17.6 Å². The third-order valence-electron chi connectivity index (χ3n) is 4.78. The molecule has 0 unspecified atom stereocenters. The van der Waals surface area contributed by atoms with Crippen LogP contribution in [0.5, 0.6) is 0 Å². The van der Waals surface area contributed by atoms with E-state index in [1.54, 1.807) is 12.3 Å². The van der Waals surface area contributed by atoms with Gasteiger partial charge in [-0.1, -0.05) is 6.07 Å². The van der Waals surface area contributed by atoms with Crippen molar-refractivity contribution in [2.24, 2.45) is 13.0 Å². The van der Waals surface area contributed by atoms with Crippen LogP contribution >= 0.6 is 0 Å². The number of nitro groups is 1. The van der Waals surface area contributed by atoms with Crippen molar-refractivity contribution in [1.82, 2.24) is 9.55 Å². The van der Waals surface area contributed by atoms with Gasteiger partial charge in [-0.05, 0) is 37.3 Å². The summed E-state index contributed by atoms with van der Waals surface area (Å²) in [6.07, 6.45) is 4.46. The summed E-state index contributed by atoms with van der Waals surface area (Å²) in [5, 5.41) is 21.9. The number of anilines is 1. The fourth-order valence-electron chi connectivity index (χ4n) is 3.38. The highest BCUT2D eigenvalue weighted by molar-refractivity contribution is 5.64. The van der Waals surface area contributed by atoms with Gasteiger partial charge >= 0.3 is 0 Å². The van der Waals surface area contributed by atoms with E-state index in [2.05, 4.69) is 4.98 Å². The molecule has 1 N–H and O–H groups in total. The molecule has 0 spiro atoms. The van der Waals surface area contributed by atoms with E-state index in [1.807, 2.05) is 41.8 Å². The van der Waals surface area contributed by atoms with Crippen molar-refractivity contribution in [2.75, 3.05) is 18.0 Å². The summed E-state index contributed by atoms with van der Waals surface area (Å²) in [5.74, 6) is 0.793. The number of aromatic nitrogens is 2. The molecule has 2 heterocycles. The van der Waals surface area contributed by atoms with Crippen LogP contribution in [0.4, 0.5) is 11.4 Å². The van der Waals surface area contributed by atoms with Gasteiger partial charge in [0.05, 0.1) is 4.92 Å². The number of aryl methyl sites for hydroxylation is 2. The molecule has 0 saturated carbocycles. The second-order valence-electron chi connectivity index (χ2n) is 6.41. The van der Waals surface area contributed by atoms with E-state index < -0.39 is 6.10 Å². The molecule has 24 heavy (non-hydrogen) atoms. The van der Waals surface area contributed by atoms with Gasteiger partial charge in [0.2, 0.25) is 0 Å². The lowest BCUT2D eigenvalue weighted by Gasteiger charge is -2.35. The van der Waals surface area contributed by atoms with Gasteiger partial charge in [0.25, 0.3) is 5.69 Å². The zero-order chi connectivity index (χ0) is 17.3. The van der Waals surface area contributed by atoms with E-state index >= 15 is 0 Å². The number of imidazole rings is 1. The highest BCUT2D eigenvalue weighted by Crippen LogP contribution is 2.35. The third-order valence-corrected chi connectivity index (χ3v) is 4.78. The standard InChI is InChI=1S/C17H22N4O3/c1-12-3-4-14(15(11-12)21(23)24)20-8-5-13(6-9-20)16(22)17-18-7-10-19(17)2/h3-4,7,10-11,13,16,22H,5-6,8-9H2,1-2H3/t16-/m1/s1. The summed E-state index contributed by atoms with van der Waals surface area (Å²) in [5.41, 5.74) is 1.69. The molecule has 7 heteroatoms. The van der Waals surface area contributed by atoms with Gasteiger partial charge < -0.3 is 14.6 Å². The third kappa shape index (κ3) is 3.12. The number of hydrogen-bond donors (Lipinski definition) is 1. The van der Waals surface area contributed by atoms with Gasteiger partial charge in [-0.2, -0.15) is 0 Å². The Labute approximate surface area is 140 Å². The van der Waals surface area contributed by atoms with Crippen molar-refractivity contribution >= 4 is 11.4 Å². The molecule has 3 rings (SSSR count). The monoisotopic (exact) mass is 330 g/mol. The number of hydrogen-bond acceptors (Lipinski definition) is 5. The Morgan fingerprint density at radius 3 is 2.67 bits per heavy atom. The first kappa shape index (κ1) is 16.4. The van der Waals surface area contributed by atoms with Crippen molar-refractivity contribution in [2.45, 2.75) is 25.9 Å². The van der Waals surface area contributed by atoms with Crippen molar-refractivity contribution in [1.29, 1.82) is 0 Å². The average molecular weight is 330 g/mol. The molecule has 7 nitrogen and oxygen atoms in total. The number of benzene rings is 1. The van der Waals surface area contributed by atoms with E-state index in [0.717, 1.165) is 18.4 Å². The number of rotatable bonds is 4. The lowest BCUT2D eigenvalue weighted by molar-refractivity contribution is -0.384. The van der Waals surface area contributed by atoms with Crippen LogP contribution in [0.3, 0.4) is 0 Å². The Morgan fingerprint density at radius 1 is 1.38 bits per heavy atom. The van der Waals surface area contributed by atoms with E-state index in [1.165, 1.54) is 0 Å². The number of nitro benzene ring substituents is 1. The molecular formula is C17H22N4O3. The van der Waals surface area contributed by atoms with Crippen LogP contribution in [0, 0.1) is 23.0 Å². The highest BCUT2D eigenvalue weighted by Gasteiger charge is 2.30. The molecule has 1 aromatic carbocycles. The van der Waals surface area contributed by atoms with Gasteiger partial charge in [-0.3, -0.25) is 10.1 Å². The van der Waals surface area contributed by atoms with Crippen molar-refractivity contribution in [3.63, 3.8) is 0 Å². The van der Waals surface area contributed by atoms with E-state index in [-0.39, 0.29) is 16.5 Å². The van der Waals surface area contributed by atoms with Gasteiger partial charge in [-0.15, -0.1) is 0 Å². The molecule has 2 aromatic rings. The zero-order valence-corrected chi connectivity index (χ0v) is 13.9. The van der Waals surface area contributed by atoms with Crippen LogP contribution in [0.2, 0.25) is 0 Å². The smallest absolute Gasteiger partial charge is 0.292 e. The first-order valence-electron chi connectivity index (χ1n) is 8.12. The van der Waals surface area contributed by atoms with Crippen molar-refractivity contribution in [3.05, 3.63) is 52.1 Å². The predicted molar refractivity (Wildman–Crippen MR) is 90.9 cm³/mol. The largest absolute Gasteiger partial charge is 0.385 e. The maximum Gasteiger partial charge on any atom is 0.292 e. The molecule has 1 aliphatic heterocycles. The topological polar surface area (TPSA) is 84.4 Å². The predicted octanol–water partition coefficient (Wildman–Crippen LogP) is 2.59. The summed E-state index contributed by atoms with van der Waals surface area (Å²) < 4.78 is 1.84. The van der Waals surface area contributed by atoms with Crippen LogP contribution in [-0.2, 0) is 7.05 Å². The van der Waals surface area contributed by atoms with E-state index in [4.69, 9.17) is 0 Å². The number of piperidine rings is 1. The fourth-order valence-corrected chi connectivity index (χ4v) is 3.38. The summed E-state index contributed by atoms with van der Waals surface area (Å²) in [6.45, 7) is 3.23. The van der Waals surface area contributed by atoms with Crippen LogP contribution in [0.15, 0.2) is 30.6 Å². The van der Waals surface area contributed by atoms with Gasteiger partial charge in [-0.25, -0.2) is 4.98 Å². The molecule has 0 aliphatic carbocycles. The minimum absolute atomic E-state index is 0.117. The molecule has 1 fully saturated rings. The van der Waals surface area contributed by atoms with Crippen molar-refractivity contribution < 1.29 is 10.0 Å². The van der Waals surface area contributed by atoms with Crippen LogP contribution in [0.25, 0.3) is 0 Å². The maximum absolute atomic E-state index is 11.3. The first-order valence-corrected chi connectivity index (χ1v) is 8.12. The van der Waals surface area contributed by atoms with Crippen LogP contribution in [0.1, 0.15) is 30.3 Å². The average Bonchev–Trinajstić information content (AvgIpc) is 3.00. The second kappa shape index (κ2) is 6.60. The lowest BCUT2D eigenvalue weighted by atomic mass is 9.90. The summed E-state index contributed by atoms with van der Waals surface area (Å²) >= 11 is 0. The first-order chi connectivity index (χ1) is 11.5. The Kier molecular flexibility index (Phi) is 4.53. The lowest BCUT2D eigenvalue weighted by Crippen LogP contribution is -2.36. The molecule has 1 saturated heterocycles. The molecule has 128 valence electrons. The Bertz CT molecular complexity index is 735. The molecule has 0 radical (unpaired) electrons. The summed E-state index contributed by atoms with van der Waals surface area (Å²) in [6, 6.07) is 5.34. The molecule has 0 bridgehead atoms. The zero-order valence-electron chi connectivity index (χ0n) is 13.9. The molecule has 1 atom stereocenters. The van der Waals surface area contributed by atoms with Gasteiger partial charge in [0, 0.05) is 38.6 Å². The number of nitrogens with zero attached hydrogens (tertiary/aromatic N) is 4. The number of aliphatic hydroxyl groups is 1. The molecule has 1 aliphatic rings. The van der Waals surface area contributed by atoms with Crippen molar-refractivity contribution in [3.8, 4) is 0 Å². The Hall–Kier alpha value is -2.41. The molecular weight excluding hydrogens is 308 g/mol. The maximum atomic E-state index is 11.3. The molecule has 1 aromatic heterocycles. The normalized spacial score (nSPS) is 17.0. The quantitative estimate of drug-likeness (QED) is 0.688. The summed E-state index contributed by atoms with van der Waals surface area (Å²) in [4.78, 5) is 17.3. The summed E-state index contributed by atoms with van der Waals surface area (Å²) in [7, 11) is 1.87. The minimum Gasteiger partial charge on any atom is -0.385 e. The minimum atomic E-state index is -0.597. The van der Waals surface area contributed by atoms with E-state index in [0.29, 0.717) is 24.6 Å². The van der Waals surface area contributed by atoms with Crippen LogP contribution < -0.4 is 4.90 Å². The highest BCUT2D eigenvalue weighted by atomic mass is 16.6. The second-order valence-corrected chi connectivity index (χ2v) is 6.41. The Morgan fingerprint density at radius 2 is 2.08 bits per heavy atom. The number of aliphatic hydroxyl groups excluding tert-OH is 1. The fraction of sp³-hybridized carbons (Fsp3) is 0.471.